The van der Waals surface area contributed by atoms with Crippen LogP contribution in [0.3, 0.4) is 0 Å². The Balaban J connectivity index is 1.84. The van der Waals surface area contributed by atoms with Gasteiger partial charge in [-0.1, -0.05) is 24.2 Å². The van der Waals surface area contributed by atoms with E-state index in [2.05, 4.69) is 20.4 Å². The number of H-pyrrole nitrogens is 1. The number of fused-ring (bicyclic) bond motifs is 1. The summed E-state index contributed by atoms with van der Waals surface area (Å²) in [6.07, 6.45) is 0.535. The molecule has 130 valence electrons. The van der Waals surface area contributed by atoms with Crippen LogP contribution < -0.4 is 16.6 Å². The van der Waals surface area contributed by atoms with Crippen molar-refractivity contribution in [2.24, 2.45) is 0 Å². The van der Waals surface area contributed by atoms with Crippen LogP contribution in [0.1, 0.15) is 31.1 Å². The summed E-state index contributed by atoms with van der Waals surface area (Å²) >= 11 is 0. The van der Waals surface area contributed by atoms with Crippen molar-refractivity contribution >= 4 is 16.8 Å². The van der Waals surface area contributed by atoms with Crippen LogP contribution in [0.2, 0.25) is 0 Å². The normalized spacial score (nSPS) is 12.2. The van der Waals surface area contributed by atoms with Gasteiger partial charge in [0, 0.05) is 6.92 Å². The summed E-state index contributed by atoms with van der Waals surface area (Å²) in [5.41, 5.74) is -0.719. The van der Waals surface area contributed by atoms with E-state index >= 15 is 0 Å². The quantitative estimate of drug-likeness (QED) is 0.701. The molecule has 3 rings (SSSR count). The summed E-state index contributed by atoms with van der Waals surface area (Å²) < 4.78 is 5.78. The molecule has 25 heavy (non-hydrogen) atoms. The maximum absolute atomic E-state index is 12.4. The number of hydrogen-bond acceptors (Lipinski definition) is 6. The summed E-state index contributed by atoms with van der Waals surface area (Å²) in [6.45, 7) is 3.11. The third-order valence-electron chi connectivity index (χ3n) is 3.79. The number of hydrogen-bond donors (Lipinski definition) is 2. The minimum atomic E-state index is -0.637. The van der Waals surface area contributed by atoms with Crippen molar-refractivity contribution in [1.29, 1.82) is 0 Å². The number of rotatable bonds is 5. The number of nitrogens with zero attached hydrogens (tertiary/aromatic N) is 3. The second kappa shape index (κ2) is 6.71. The molecule has 2 heterocycles. The Bertz CT molecular complexity index is 1030. The Kier molecular flexibility index (Phi) is 4.46. The van der Waals surface area contributed by atoms with E-state index in [4.69, 9.17) is 4.52 Å². The molecule has 9 nitrogen and oxygen atoms in total. The first kappa shape index (κ1) is 16.6. The number of carbonyl (C=O) groups is 1. The highest BCUT2D eigenvalue weighted by Gasteiger charge is 2.19. The van der Waals surface area contributed by atoms with Gasteiger partial charge in [-0.3, -0.25) is 14.2 Å². The Labute approximate surface area is 141 Å². The van der Waals surface area contributed by atoms with Crippen molar-refractivity contribution in [3.8, 4) is 0 Å². The Morgan fingerprint density at radius 3 is 2.80 bits per heavy atom. The van der Waals surface area contributed by atoms with Gasteiger partial charge in [0.2, 0.25) is 11.8 Å². The smallest absolute Gasteiger partial charge is 0.329 e. The van der Waals surface area contributed by atoms with Gasteiger partial charge in [0.25, 0.3) is 5.56 Å². The second-order valence-corrected chi connectivity index (χ2v) is 5.57. The molecule has 0 fully saturated rings. The third kappa shape index (κ3) is 3.35. The minimum absolute atomic E-state index is 0.343. The predicted octanol–water partition coefficient (Wildman–Crippen LogP) is 0.649. The van der Waals surface area contributed by atoms with Crippen LogP contribution in [0.15, 0.2) is 38.4 Å². The summed E-state index contributed by atoms with van der Waals surface area (Å²) in [6, 6.07) is 6.18. The lowest BCUT2D eigenvalue weighted by atomic mass is 10.2. The fraction of sp³-hybridized carbons (Fsp3) is 0.312. The topological polar surface area (TPSA) is 123 Å². The number of aromatic amines is 1. The number of para-hydroxylation sites is 1. The molecule has 9 heteroatoms. The van der Waals surface area contributed by atoms with Crippen LogP contribution in [0.4, 0.5) is 0 Å². The molecule has 1 aromatic carbocycles. The fourth-order valence-corrected chi connectivity index (χ4v) is 2.53. The second-order valence-electron chi connectivity index (χ2n) is 5.57. The highest BCUT2D eigenvalue weighted by Crippen LogP contribution is 2.12. The summed E-state index contributed by atoms with van der Waals surface area (Å²) in [4.78, 5) is 43.5. The van der Waals surface area contributed by atoms with Gasteiger partial charge in [-0.05, 0) is 18.6 Å². The molecule has 0 aliphatic rings. The van der Waals surface area contributed by atoms with E-state index in [1.54, 1.807) is 31.2 Å². The van der Waals surface area contributed by atoms with Gasteiger partial charge in [0.1, 0.15) is 6.54 Å². The highest BCUT2D eigenvalue weighted by atomic mass is 16.5. The standard InChI is InChI=1S/C16H17N5O4/c1-3-11(14-17-9(2)25-20-14)18-13(22)8-21-15(23)10-6-4-5-7-12(10)19-16(21)24/h4-7,11H,3,8H2,1-2H3,(H,18,22)(H,19,24)/t11-/m0/s1. The van der Waals surface area contributed by atoms with Gasteiger partial charge < -0.3 is 14.8 Å². The summed E-state index contributed by atoms with van der Waals surface area (Å²) in [5, 5.41) is 6.84. The molecule has 3 aromatic rings. The Morgan fingerprint density at radius 2 is 2.12 bits per heavy atom. The zero-order valence-corrected chi connectivity index (χ0v) is 13.8. The molecule has 2 N–H and O–H groups in total. The first-order valence-electron chi connectivity index (χ1n) is 7.81. The molecule has 0 spiro atoms. The third-order valence-corrected chi connectivity index (χ3v) is 3.79. The van der Waals surface area contributed by atoms with E-state index < -0.39 is 29.7 Å². The van der Waals surface area contributed by atoms with Crippen LogP contribution in [-0.2, 0) is 11.3 Å². The number of nitrogens with one attached hydrogen (secondary N) is 2. The van der Waals surface area contributed by atoms with Crippen molar-refractivity contribution in [2.75, 3.05) is 0 Å². The molecule has 2 aromatic heterocycles. The largest absolute Gasteiger partial charge is 0.344 e. The number of benzene rings is 1. The SMILES string of the molecule is CC[C@H](NC(=O)Cn1c(=O)[nH]c2ccccc2c1=O)c1noc(C)n1. The van der Waals surface area contributed by atoms with Gasteiger partial charge in [0.05, 0.1) is 16.9 Å². The molecule has 0 aliphatic carbocycles. The van der Waals surface area contributed by atoms with Crippen molar-refractivity contribution < 1.29 is 9.32 Å². The van der Waals surface area contributed by atoms with Gasteiger partial charge in [-0.25, -0.2) is 4.79 Å². The fourth-order valence-electron chi connectivity index (χ4n) is 2.53. The average Bonchev–Trinajstić information content (AvgIpc) is 3.02. The Morgan fingerprint density at radius 1 is 1.36 bits per heavy atom. The number of aryl methyl sites for hydroxylation is 1. The molecule has 1 amide bonds. The van der Waals surface area contributed by atoms with Crippen molar-refractivity contribution in [1.82, 2.24) is 25.0 Å². The molecule has 0 saturated heterocycles. The van der Waals surface area contributed by atoms with Crippen LogP contribution in [-0.4, -0.2) is 25.6 Å². The van der Waals surface area contributed by atoms with Gasteiger partial charge in [-0.2, -0.15) is 4.98 Å². The monoisotopic (exact) mass is 343 g/mol. The van der Waals surface area contributed by atoms with Crippen LogP contribution >= 0.6 is 0 Å². The van der Waals surface area contributed by atoms with Crippen LogP contribution in [0.25, 0.3) is 10.9 Å². The summed E-state index contributed by atoms with van der Waals surface area (Å²) in [5.74, 6) is 0.259. The molecular weight excluding hydrogens is 326 g/mol. The van der Waals surface area contributed by atoms with E-state index in [0.29, 0.717) is 29.0 Å². The zero-order chi connectivity index (χ0) is 18.0. The lowest BCUT2D eigenvalue weighted by Crippen LogP contribution is -2.41. The molecule has 0 radical (unpaired) electrons. The van der Waals surface area contributed by atoms with E-state index in [1.807, 2.05) is 6.92 Å². The molecule has 0 bridgehead atoms. The van der Waals surface area contributed by atoms with Gasteiger partial charge in [0.15, 0.2) is 5.82 Å². The highest BCUT2D eigenvalue weighted by molar-refractivity contribution is 5.79. The van der Waals surface area contributed by atoms with E-state index in [9.17, 15) is 14.4 Å². The molecule has 0 unspecified atom stereocenters. The first-order valence-corrected chi connectivity index (χ1v) is 7.81. The van der Waals surface area contributed by atoms with Crippen molar-refractivity contribution in [3.63, 3.8) is 0 Å². The molecule has 0 aliphatic heterocycles. The van der Waals surface area contributed by atoms with Crippen LogP contribution in [0.5, 0.6) is 0 Å². The predicted molar refractivity (Wildman–Crippen MR) is 89.0 cm³/mol. The van der Waals surface area contributed by atoms with Crippen molar-refractivity contribution in [2.45, 2.75) is 32.9 Å². The number of amides is 1. The maximum atomic E-state index is 12.4. The Hall–Kier alpha value is -3.23. The van der Waals surface area contributed by atoms with E-state index in [0.717, 1.165) is 4.57 Å². The molecular formula is C16H17N5O4. The molecule has 1 atom stereocenters. The molecule has 0 saturated carbocycles. The van der Waals surface area contributed by atoms with E-state index in [1.165, 1.54) is 0 Å². The minimum Gasteiger partial charge on any atom is -0.344 e. The first-order chi connectivity index (χ1) is 12.0. The lowest BCUT2D eigenvalue weighted by Gasteiger charge is -2.13. The van der Waals surface area contributed by atoms with Crippen molar-refractivity contribution in [3.05, 3.63) is 56.8 Å². The zero-order valence-electron chi connectivity index (χ0n) is 13.8. The van der Waals surface area contributed by atoms with Gasteiger partial charge >= 0.3 is 5.69 Å². The average molecular weight is 343 g/mol. The lowest BCUT2D eigenvalue weighted by molar-refractivity contribution is -0.122. The maximum Gasteiger partial charge on any atom is 0.329 e. The van der Waals surface area contributed by atoms with Gasteiger partial charge in [-0.15, -0.1) is 0 Å². The van der Waals surface area contributed by atoms with Crippen LogP contribution in [0, 0.1) is 6.92 Å². The number of carbonyl (C=O) groups excluding carboxylic acids is 1. The number of aromatic nitrogens is 4. The van der Waals surface area contributed by atoms with E-state index in [-0.39, 0.29) is 0 Å². The summed E-state index contributed by atoms with van der Waals surface area (Å²) in [7, 11) is 0.